The first-order valence-corrected chi connectivity index (χ1v) is 7.82. The van der Waals surface area contributed by atoms with Crippen molar-refractivity contribution in [2.24, 2.45) is 7.05 Å². The number of nitrogens with zero attached hydrogens (tertiary/aromatic N) is 5. The number of amides is 1. The van der Waals surface area contributed by atoms with Crippen molar-refractivity contribution < 1.29 is 14.5 Å². The van der Waals surface area contributed by atoms with Crippen LogP contribution in [0, 0.1) is 17.0 Å². The summed E-state index contributed by atoms with van der Waals surface area (Å²) in [6.45, 7) is 4.48. The number of piperazine rings is 1. The molecule has 23 heavy (non-hydrogen) atoms. The third-order valence-electron chi connectivity index (χ3n) is 4.44. The van der Waals surface area contributed by atoms with Gasteiger partial charge in [-0.25, -0.2) is 4.68 Å². The second-order valence-corrected chi connectivity index (χ2v) is 5.95. The minimum atomic E-state index is -0.387. The first kappa shape index (κ1) is 15.7. The van der Waals surface area contributed by atoms with Crippen LogP contribution in [0.2, 0.25) is 0 Å². The van der Waals surface area contributed by atoms with Crippen molar-refractivity contribution in [2.45, 2.75) is 25.9 Å². The summed E-state index contributed by atoms with van der Waals surface area (Å²) in [5.74, 6) is 0.551. The highest BCUT2D eigenvalue weighted by Gasteiger charge is 2.34. The van der Waals surface area contributed by atoms with Crippen molar-refractivity contribution in [2.75, 3.05) is 37.7 Å². The summed E-state index contributed by atoms with van der Waals surface area (Å²) in [5.41, 5.74) is 0.455. The largest absolute Gasteiger partial charge is 0.368 e. The Hall–Kier alpha value is -2.16. The second kappa shape index (κ2) is 6.15. The summed E-state index contributed by atoms with van der Waals surface area (Å²) in [6.07, 6.45) is 1.40. The molecule has 1 unspecified atom stereocenters. The van der Waals surface area contributed by atoms with Gasteiger partial charge in [0.05, 0.1) is 4.92 Å². The number of aryl methyl sites for hydroxylation is 2. The number of nitro groups is 1. The average molecular weight is 323 g/mol. The van der Waals surface area contributed by atoms with Gasteiger partial charge in [-0.2, -0.15) is 5.10 Å². The monoisotopic (exact) mass is 323 g/mol. The number of aromatic nitrogens is 2. The van der Waals surface area contributed by atoms with E-state index >= 15 is 0 Å². The highest BCUT2D eigenvalue weighted by Crippen LogP contribution is 2.31. The standard InChI is InChI=1S/C14H21N5O4/c1-10-12(19(21)22)13(16(2)15-10)17-5-7-18(8-6-17)14(20)11-4-3-9-23-11/h11H,3-9H2,1-2H3. The van der Waals surface area contributed by atoms with Crippen LogP contribution in [0.4, 0.5) is 11.5 Å². The maximum Gasteiger partial charge on any atom is 0.333 e. The van der Waals surface area contributed by atoms with Crippen LogP contribution in [0.3, 0.4) is 0 Å². The molecule has 2 aliphatic heterocycles. The number of ether oxygens (including phenoxy) is 1. The fraction of sp³-hybridized carbons (Fsp3) is 0.714. The topological polar surface area (TPSA) is 93.7 Å². The average Bonchev–Trinajstić information content (AvgIpc) is 3.14. The van der Waals surface area contributed by atoms with Crippen molar-refractivity contribution in [3.05, 3.63) is 15.8 Å². The van der Waals surface area contributed by atoms with Gasteiger partial charge in [-0.15, -0.1) is 0 Å². The Bertz CT molecular complexity index is 615. The van der Waals surface area contributed by atoms with E-state index in [9.17, 15) is 14.9 Å². The number of anilines is 1. The lowest BCUT2D eigenvalue weighted by Crippen LogP contribution is -2.51. The van der Waals surface area contributed by atoms with Gasteiger partial charge >= 0.3 is 5.69 Å². The Morgan fingerprint density at radius 3 is 2.61 bits per heavy atom. The summed E-state index contributed by atoms with van der Waals surface area (Å²) in [6, 6.07) is 0. The van der Waals surface area contributed by atoms with E-state index in [1.54, 1.807) is 23.6 Å². The van der Waals surface area contributed by atoms with Crippen LogP contribution in [0.5, 0.6) is 0 Å². The molecule has 1 atom stereocenters. The lowest BCUT2D eigenvalue weighted by atomic mass is 10.2. The lowest BCUT2D eigenvalue weighted by molar-refractivity contribution is -0.384. The molecule has 9 heteroatoms. The normalized spacial score (nSPS) is 21.7. The zero-order chi connectivity index (χ0) is 16.6. The SMILES string of the molecule is Cc1nn(C)c(N2CCN(C(=O)C3CCCO3)CC2)c1[N+](=O)[O-]. The maximum atomic E-state index is 12.3. The summed E-state index contributed by atoms with van der Waals surface area (Å²) >= 11 is 0. The minimum absolute atomic E-state index is 0.0397. The number of hydrogen-bond acceptors (Lipinski definition) is 6. The molecule has 1 aromatic heterocycles. The van der Waals surface area contributed by atoms with Gasteiger partial charge < -0.3 is 14.5 Å². The van der Waals surface area contributed by atoms with Crippen LogP contribution >= 0.6 is 0 Å². The molecule has 2 saturated heterocycles. The molecular formula is C14H21N5O4. The third kappa shape index (κ3) is 2.88. The summed E-state index contributed by atoms with van der Waals surface area (Å²) in [4.78, 5) is 27.0. The molecule has 9 nitrogen and oxygen atoms in total. The Balaban J connectivity index is 1.70. The van der Waals surface area contributed by atoms with E-state index in [1.165, 1.54) is 0 Å². The van der Waals surface area contributed by atoms with Gasteiger partial charge in [0.1, 0.15) is 11.8 Å². The zero-order valence-electron chi connectivity index (χ0n) is 13.4. The Morgan fingerprint density at radius 1 is 1.35 bits per heavy atom. The minimum Gasteiger partial charge on any atom is -0.368 e. The Kier molecular flexibility index (Phi) is 4.20. The quantitative estimate of drug-likeness (QED) is 0.593. The first-order valence-electron chi connectivity index (χ1n) is 7.82. The summed E-state index contributed by atoms with van der Waals surface area (Å²) < 4.78 is 6.99. The van der Waals surface area contributed by atoms with Crippen LogP contribution < -0.4 is 4.90 Å². The van der Waals surface area contributed by atoms with E-state index in [2.05, 4.69) is 5.10 Å². The fourth-order valence-electron chi connectivity index (χ4n) is 3.32. The number of hydrogen-bond donors (Lipinski definition) is 0. The lowest BCUT2D eigenvalue weighted by Gasteiger charge is -2.36. The second-order valence-electron chi connectivity index (χ2n) is 5.95. The summed E-state index contributed by atoms with van der Waals surface area (Å²) in [5, 5.41) is 15.4. The van der Waals surface area contributed by atoms with Gasteiger partial charge in [0, 0.05) is 39.8 Å². The maximum absolute atomic E-state index is 12.3. The molecule has 0 saturated carbocycles. The molecule has 0 bridgehead atoms. The van der Waals surface area contributed by atoms with Crippen molar-refractivity contribution in [1.29, 1.82) is 0 Å². The molecule has 2 fully saturated rings. The predicted octanol–water partition coefficient (Wildman–Crippen LogP) is 0.464. The van der Waals surface area contributed by atoms with E-state index < -0.39 is 0 Å². The predicted molar refractivity (Wildman–Crippen MR) is 82.4 cm³/mol. The van der Waals surface area contributed by atoms with E-state index in [0.717, 1.165) is 12.8 Å². The number of carbonyl (C=O) groups is 1. The first-order chi connectivity index (χ1) is 11.0. The van der Waals surface area contributed by atoms with E-state index in [1.807, 2.05) is 4.90 Å². The van der Waals surface area contributed by atoms with Crippen LogP contribution in [0.1, 0.15) is 18.5 Å². The molecule has 0 aromatic carbocycles. The van der Waals surface area contributed by atoms with Crippen LogP contribution in [0.15, 0.2) is 0 Å². The van der Waals surface area contributed by atoms with Crippen LogP contribution in [0.25, 0.3) is 0 Å². The molecule has 3 heterocycles. The van der Waals surface area contributed by atoms with Gasteiger partial charge in [-0.05, 0) is 19.8 Å². The van der Waals surface area contributed by atoms with Crippen LogP contribution in [-0.2, 0) is 16.6 Å². The Morgan fingerprint density at radius 2 is 2.04 bits per heavy atom. The highest BCUT2D eigenvalue weighted by atomic mass is 16.6. The van der Waals surface area contributed by atoms with Gasteiger partial charge in [-0.3, -0.25) is 14.9 Å². The van der Waals surface area contributed by atoms with Gasteiger partial charge in [0.15, 0.2) is 0 Å². The van der Waals surface area contributed by atoms with E-state index in [0.29, 0.717) is 44.3 Å². The number of carbonyl (C=O) groups excluding carboxylic acids is 1. The van der Waals surface area contributed by atoms with Crippen molar-refractivity contribution in [1.82, 2.24) is 14.7 Å². The zero-order valence-corrected chi connectivity index (χ0v) is 13.4. The van der Waals surface area contributed by atoms with E-state index in [4.69, 9.17) is 4.74 Å². The molecule has 0 spiro atoms. The molecule has 126 valence electrons. The van der Waals surface area contributed by atoms with Gasteiger partial charge in [-0.1, -0.05) is 0 Å². The summed E-state index contributed by atoms with van der Waals surface area (Å²) in [7, 11) is 1.71. The van der Waals surface area contributed by atoms with Crippen molar-refractivity contribution in [3.63, 3.8) is 0 Å². The Labute approximate surface area is 133 Å². The van der Waals surface area contributed by atoms with Crippen LogP contribution in [-0.4, -0.2) is 64.4 Å². The molecule has 1 aromatic rings. The molecular weight excluding hydrogens is 302 g/mol. The van der Waals surface area contributed by atoms with Gasteiger partial charge in [0.2, 0.25) is 5.82 Å². The van der Waals surface area contributed by atoms with Crippen molar-refractivity contribution in [3.8, 4) is 0 Å². The molecule has 0 aliphatic carbocycles. The number of rotatable bonds is 3. The van der Waals surface area contributed by atoms with Gasteiger partial charge in [0.25, 0.3) is 5.91 Å². The highest BCUT2D eigenvalue weighted by molar-refractivity contribution is 5.81. The molecule has 1 amide bonds. The molecule has 3 rings (SSSR count). The molecule has 0 radical (unpaired) electrons. The smallest absolute Gasteiger partial charge is 0.333 e. The fourth-order valence-corrected chi connectivity index (χ4v) is 3.32. The molecule has 0 N–H and O–H groups in total. The van der Waals surface area contributed by atoms with E-state index in [-0.39, 0.29) is 22.6 Å². The molecule has 2 aliphatic rings. The third-order valence-corrected chi connectivity index (χ3v) is 4.44. The van der Waals surface area contributed by atoms with Crippen molar-refractivity contribution >= 4 is 17.4 Å².